The first kappa shape index (κ1) is 28.0. The molecule has 0 atom stereocenters. The molecular formula is C31H30FNO5S. The number of methoxy groups -OCH3 is 1. The number of halogens is 1. The fourth-order valence-corrected chi connectivity index (χ4v) is 5.13. The van der Waals surface area contributed by atoms with Crippen LogP contribution in [-0.4, -0.2) is 45.1 Å². The Balaban J connectivity index is 1.59. The van der Waals surface area contributed by atoms with E-state index in [0.717, 1.165) is 33.2 Å². The average Bonchev–Trinajstić information content (AvgIpc) is 2.88. The molecule has 0 fully saturated rings. The molecule has 1 aromatic heterocycles. The van der Waals surface area contributed by atoms with E-state index in [4.69, 9.17) is 9.72 Å². The average molecular weight is 548 g/mol. The molecule has 0 N–H and O–H groups in total. The molecule has 0 amide bonds. The Bertz CT molecular complexity index is 1660. The summed E-state index contributed by atoms with van der Waals surface area (Å²) in [4.78, 5) is 16.1. The minimum Gasteiger partial charge on any atom is -0.494 e. The number of fused-ring (bicyclic) bond motifs is 1. The van der Waals surface area contributed by atoms with Gasteiger partial charge in [0, 0.05) is 34.9 Å². The molecule has 8 heteroatoms. The number of sulfone groups is 1. The van der Waals surface area contributed by atoms with Crippen molar-refractivity contribution < 1.29 is 27.1 Å². The number of carbonyl (C=O) groups is 1. The van der Waals surface area contributed by atoms with Crippen LogP contribution in [0.25, 0.3) is 39.4 Å². The predicted octanol–water partition coefficient (Wildman–Crippen LogP) is 6.32. The maximum atomic E-state index is 14.7. The van der Waals surface area contributed by atoms with Gasteiger partial charge < -0.3 is 9.47 Å². The normalized spacial score (nSPS) is 11.7. The van der Waals surface area contributed by atoms with Crippen LogP contribution in [0.1, 0.15) is 23.1 Å². The second kappa shape index (κ2) is 11.8. The number of carbonyl (C=O) groups excluding carboxylic acids is 1. The number of ether oxygens (including phenoxy) is 2. The van der Waals surface area contributed by atoms with Gasteiger partial charge in [0.1, 0.15) is 21.4 Å². The summed E-state index contributed by atoms with van der Waals surface area (Å²) < 4.78 is 47.7. The highest BCUT2D eigenvalue weighted by Crippen LogP contribution is 2.33. The van der Waals surface area contributed by atoms with Gasteiger partial charge in [0.05, 0.1) is 30.7 Å². The SMILES string of the molecule is COC(=O)/C=C/c1cc2ccc(-c3cccc(-c4c(C)cc(OCCCS(C)(=O)=O)cc4C)c3)nc2cc1F. The number of esters is 1. The van der Waals surface area contributed by atoms with E-state index in [0.29, 0.717) is 30.0 Å². The zero-order valence-corrected chi connectivity index (χ0v) is 23.1. The zero-order valence-electron chi connectivity index (χ0n) is 22.3. The summed E-state index contributed by atoms with van der Waals surface area (Å²) in [5.74, 6) is -0.234. The fraction of sp³-hybridized carbons (Fsp3) is 0.226. The van der Waals surface area contributed by atoms with Crippen LogP contribution in [0.5, 0.6) is 5.75 Å². The van der Waals surface area contributed by atoms with Crippen molar-refractivity contribution in [1.82, 2.24) is 4.98 Å². The van der Waals surface area contributed by atoms with Gasteiger partial charge in [0.15, 0.2) is 0 Å². The van der Waals surface area contributed by atoms with E-state index in [1.54, 1.807) is 6.07 Å². The summed E-state index contributed by atoms with van der Waals surface area (Å²) in [6, 6.07) is 18.7. The molecule has 202 valence electrons. The van der Waals surface area contributed by atoms with Crippen molar-refractivity contribution in [3.8, 4) is 28.1 Å². The lowest BCUT2D eigenvalue weighted by Gasteiger charge is -2.15. The highest BCUT2D eigenvalue weighted by atomic mass is 32.2. The number of pyridine rings is 1. The molecule has 0 saturated heterocycles. The number of hydrogen-bond donors (Lipinski definition) is 0. The lowest BCUT2D eigenvalue weighted by Crippen LogP contribution is -2.08. The summed E-state index contributed by atoms with van der Waals surface area (Å²) >= 11 is 0. The molecule has 3 aromatic carbocycles. The molecule has 0 aliphatic carbocycles. The summed E-state index contributed by atoms with van der Waals surface area (Å²) in [6.45, 7) is 4.36. The topological polar surface area (TPSA) is 82.6 Å². The minimum absolute atomic E-state index is 0.0961. The van der Waals surface area contributed by atoms with Crippen molar-refractivity contribution in [3.63, 3.8) is 0 Å². The Morgan fingerprint density at radius 1 is 1.00 bits per heavy atom. The summed E-state index contributed by atoms with van der Waals surface area (Å²) in [5, 5.41) is 0.750. The first-order valence-corrected chi connectivity index (χ1v) is 14.5. The van der Waals surface area contributed by atoms with Crippen LogP contribution in [-0.2, 0) is 19.4 Å². The van der Waals surface area contributed by atoms with E-state index in [-0.39, 0.29) is 11.3 Å². The van der Waals surface area contributed by atoms with Crippen LogP contribution >= 0.6 is 0 Å². The van der Waals surface area contributed by atoms with E-state index in [1.807, 2.05) is 56.3 Å². The molecular weight excluding hydrogens is 517 g/mol. The smallest absolute Gasteiger partial charge is 0.330 e. The summed E-state index contributed by atoms with van der Waals surface area (Å²) in [5.41, 5.74) is 6.55. The molecule has 4 aromatic rings. The van der Waals surface area contributed by atoms with Gasteiger partial charge in [-0.2, -0.15) is 0 Å². The van der Waals surface area contributed by atoms with Gasteiger partial charge in [-0.15, -0.1) is 0 Å². The Morgan fingerprint density at radius 2 is 1.72 bits per heavy atom. The third-order valence-corrected chi connectivity index (χ3v) is 7.32. The molecule has 6 nitrogen and oxygen atoms in total. The number of aryl methyl sites for hydroxylation is 2. The zero-order chi connectivity index (χ0) is 28.2. The van der Waals surface area contributed by atoms with E-state index in [1.165, 1.54) is 31.6 Å². The number of hydrogen-bond acceptors (Lipinski definition) is 6. The third kappa shape index (κ3) is 7.09. The van der Waals surface area contributed by atoms with Crippen LogP contribution in [0.2, 0.25) is 0 Å². The molecule has 0 spiro atoms. The first-order valence-electron chi connectivity index (χ1n) is 12.4. The number of rotatable bonds is 9. The highest BCUT2D eigenvalue weighted by molar-refractivity contribution is 7.90. The van der Waals surface area contributed by atoms with Gasteiger partial charge in [-0.3, -0.25) is 0 Å². The van der Waals surface area contributed by atoms with Crippen molar-refractivity contribution in [3.05, 3.63) is 89.2 Å². The Morgan fingerprint density at radius 3 is 2.41 bits per heavy atom. The maximum Gasteiger partial charge on any atom is 0.330 e. The monoisotopic (exact) mass is 547 g/mol. The van der Waals surface area contributed by atoms with Crippen LogP contribution in [0, 0.1) is 19.7 Å². The van der Waals surface area contributed by atoms with E-state index >= 15 is 0 Å². The van der Waals surface area contributed by atoms with Gasteiger partial charge in [-0.05, 0) is 78.9 Å². The van der Waals surface area contributed by atoms with E-state index in [9.17, 15) is 17.6 Å². The molecule has 0 radical (unpaired) electrons. The molecule has 0 unspecified atom stereocenters. The van der Waals surface area contributed by atoms with Gasteiger partial charge in [-0.25, -0.2) is 22.6 Å². The first-order chi connectivity index (χ1) is 18.5. The van der Waals surface area contributed by atoms with E-state index < -0.39 is 21.6 Å². The Labute approximate surface area is 228 Å². The lowest BCUT2D eigenvalue weighted by atomic mass is 9.93. The summed E-state index contributed by atoms with van der Waals surface area (Å²) in [7, 11) is -1.74. The van der Waals surface area contributed by atoms with Gasteiger partial charge >= 0.3 is 5.97 Å². The lowest BCUT2D eigenvalue weighted by molar-refractivity contribution is -0.134. The van der Waals surface area contributed by atoms with E-state index in [2.05, 4.69) is 10.8 Å². The molecule has 0 saturated carbocycles. The number of aromatic nitrogens is 1. The van der Waals surface area contributed by atoms with Crippen LogP contribution < -0.4 is 4.74 Å². The minimum atomic E-state index is -3.01. The molecule has 0 bridgehead atoms. The summed E-state index contributed by atoms with van der Waals surface area (Å²) in [6.07, 6.45) is 4.22. The third-order valence-electron chi connectivity index (χ3n) is 6.29. The van der Waals surface area contributed by atoms with Crippen LogP contribution in [0.4, 0.5) is 4.39 Å². The van der Waals surface area contributed by atoms with Crippen molar-refractivity contribution in [2.75, 3.05) is 25.7 Å². The van der Waals surface area contributed by atoms with Crippen molar-refractivity contribution in [1.29, 1.82) is 0 Å². The number of benzene rings is 3. The van der Waals surface area contributed by atoms with Gasteiger partial charge in [-0.1, -0.05) is 24.3 Å². The largest absolute Gasteiger partial charge is 0.494 e. The van der Waals surface area contributed by atoms with Crippen molar-refractivity contribution in [2.24, 2.45) is 0 Å². The van der Waals surface area contributed by atoms with Crippen molar-refractivity contribution >= 4 is 32.8 Å². The molecule has 1 heterocycles. The molecule has 0 aliphatic heterocycles. The highest BCUT2D eigenvalue weighted by Gasteiger charge is 2.12. The van der Waals surface area contributed by atoms with Gasteiger partial charge in [0.25, 0.3) is 0 Å². The second-order valence-corrected chi connectivity index (χ2v) is 11.7. The fourth-order valence-electron chi connectivity index (χ4n) is 4.49. The standard InChI is InChI=1S/C31H30FNO5S/c1-20-15-26(38-13-6-14-39(4,35)36)16-21(2)31(20)25-8-5-7-23(18-25)28-11-9-24-17-22(10-12-30(34)37-3)27(32)19-29(24)33-28/h5,7-12,15-19H,6,13-14H2,1-4H3/b12-10+. The quantitative estimate of drug-likeness (QED) is 0.138. The Kier molecular flexibility index (Phi) is 8.45. The maximum absolute atomic E-state index is 14.7. The predicted molar refractivity (Wildman–Crippen MR) is 153 cm³/mol. The van der Waals surface area contributed by atoms with Crippen LogP contribution in [0.15, 0.2) is 66.7 Å². The Hall–Kier alpha value is -4.04. The van der Waals surface area contributed by atoms with Crippen molar-refractivity contribution in [2.45, 2.75) is 20.3 Å². The molecule has 0 aliphatic rings. The van der Waals surface area contributed by atoms with Gasteiger partial charge in [0.2, 0.25) is 0 Å². The van der Waals surface area contributed by atoms with Crippen LogP contribution in [0.3, 0.4) is 0 Å². The second-order valence-electron chi connectivity index (χ2n) is 9.46. The molecule has 4 rings (SSSR count). The molecule has 39 heavy (non-hydrogen) atoms. The number of nitrogens with zero attached hydrogens (tertiary/aromatic N) is 1.